The van der Waals surface area contributed by atoms with Crippen LogP contribution in [0.2, 0.25) is 0 Å². The van der Waals surface area contributed by atoms with Gasteiger partial charge in [0.05, 0.1) is 23.7 Å². The maximum Gasteiger partial charge on any atom is 0.266 e. The summed E-state index contributed by atoms with van der Waals surface area (Å²) >= 11 is 1.46. The number of pyridine rings is 1. The van der Waals surface area contributed by atoms with Gasteiger partial charge in [0.2, 0.25) is 0 Å². The first kappa shape index (κ1) is 15.4. The number of aromatic nitrogens is 5. The van der Waals surface area contributed by atoms with Gasteiger partial charge < -0.3 is 9.72 Å². The van der Waals surface area contributed by atoms with Crippen LogP contribution in [0.3, 0.4) is 0 Å². The van der Waals surface area contributed by atoms with Crippen LogP contribution in [0, 0.1) is 0 Å². The lowest BCUT2D eigenvalue weighted by Crippen LogP contribution is -2.18. The molecule has 5 heterocycles. The van der Waals surface area contributed by atoms with Gasteiger partial charge in [-0.3, -0.25) is 14.6 Å². The van der Waals surface area contributed by atoms with E-state index in [2.05, 4.69) is 27.2 Å². The van der Waals surface area contributed by atoms with Gasteiger partial charge in [0.25, 0.3) is 5.56 Å². The third-order valence-electron chi connectivity index (χ3n) is 4.86. The molecular weight excluding hydrogens is 350 g/mol. The number of aryl methyl sites for hydroxylation is 1. The summed E-state index contributed by atoms with van der Waals surface area (Å²) in [5.74, 6) is 0.805. The van der Waals surface area contributed by atoms with E-state index in [-0.39, 0.29) is 11.6 Å². The van der Waals surface area contributed by atoms with Crippen molar-refractivity contribution in [2.45, 2.75) is 25.8 Å². The number of H-pyrrole nitrogens is 2. The van der Waals surface area contributed by atoms with Crippen LogP contribution in [0.5, 0.6) is 5.75 Å². The number of nitrogens with one attached hydrogen (secondary N) is 2. The smallest absolute Gasteiger partial charge is 0.266 e. The summed E-state index contributed by atoms with van der Waals surface area (Å²) in [7, 11) is 0. The standard InChI is InChI=1S/C18H17N5O2S/c1-10(23-6-3-5-21-23)14-12-4-2-7-25-15-13(12)17(18(24)22-14)26-16(15)11-8-19-20-9-11/h3,5-6,8-10H,2,4,7H2,1H3,(H,19,20)(H,22,24). The molecule has 0 aliphatic carbocycles. The molecule has 2 N–H and O–H groups in total. The predicted molar refractivity (Wildman–Crippen MR) is 99.9 cm³/mol. The van der Waals surface area contributed by atoms with E-state index in [9.17, 15) is 4.79 Å². The Morgan fingerprint density at radius 2 is 2.35 bits per heavy atom. The Labute approximate surface area is 152 Å². The molecule has 0 bridgehead atoms. The summed E-state index contributed by atoms with van der Waals surface area (Å²) in [6.07, 6.45) is 9.03. The molecule has 0 amide bonds. The van der Waals surface area contributed by atoms with Crippen molar-refractivity contribution in [1.82, 2.24) is 25.0 Å². The van der Waals surface area contributed by atoms with Gasteiger partial charge in [-0.25, -0.2) is 0 Å². The number of ether oxygens (including phenoxy) is 1. The van der Waals surface area contributed by atoms with Gasteiger partial charge in [-0.15, -0.1) is 11.3 Å². The third-order valence-corrected chi connectivity index (χ3v) is 6.08. The summed E-state index contributed by atoms with van der Waals surface area (Å²) < 4.78 is 8.67. The van der Waals surface area contributed by atoms with Crippen molar-refractivity contribution in [3.8, 4) is 16.2 Å². The molecule has 4 aromatic rings. The third kappa shape index (κ3) is 2.22. The number of hydrogen-bond donors (Lipinski definition) is 2. The molecule has 0 saturated heterocycles. The fraction of sp³-hybridized carbons (Fsp3) is 0.278. The minimum Gasteiger partial charge on any atom is -0.491 e. The Morgan fingerprint density at radius 3 is 3.12 bits per heavy atom. The molecular formula is C18H17N5O2S. The molecule has 0 fully saturated rings. The van der Waals surface area contributed by atoms with E-state index in [1.165, 1.54) is 11.3 Å². The molecule has 0 saturated carbocycles. The van der Waals surface area contributed by atoms with Crippen molar-refractivity contribution in [3.63, 3.8) is 0 Å². The molecule has 1 aliphatic rings. The van der Waals surface area contributed by atoms with Crippen molar-refractivity contribution < 1.29 is 4.74 Å². The summed E-state index contributed by atoms with van der Waals surface area (Å²) in [5.41, 5.74) is 2.93. The quantitative estimate of drug-likeness (QED) is 0.582. The number of aromatic amines is 2. The van der Waals surface area contributed by atoms with Crippen molar-refractivity contribution >= 4 is 21.4 Å². The van der Waals surface area contributed by atoms with E-state index >= 15 is 0 Å². The maximum absolute atomic E-state index is 12.9. The highest BCUT2D eigenvalue weighted by atomic mass is 32.1. The van der Waals surface area contributed by atoms with Gasteiger partial charge in [0, 0.05) is 35.2 Å². The van der Waals surface area contributed by atoms with Crippen LogP contribution < -0.4 is 10.3 Å². The summed E-state index contributed by atoms with van der Waals surface area (Å²) in [5, 5.41) is 12.2. The van der Waals surface area contributed by atoms with E-state index in [0.29, 0.717) is 11.3 Å². The minimum absolute atomic E-state index is 0.0553. The van der Waals surface area contributed by atoms with Crippen LogP contribution in [0.4, 0.5) is 0 Å². The second-order valence-electron chi connectivity index (χ2n) is 6.41. The number of hydrogen-bond acceptors (Lipinski definition) is 5. The monoisotopic (exact) mass is 367 g/mol. The maximum atomic E-state index is 12.9. The first-order valence-electron chi connectivity index (χ1n) is 8.56. The second kappa shape index (κ2) is 5.84. The van der Waals surface area contributed by atoms with E-state index in [1.54, 1.807) is 12.4 Å². The van der Waals surface area contributed by atoms with Crippen LogP contribution in [-0.4, -0.2) is 31.6 Å². The number of thiophene rings is 1. The molecule has 8 heteroatoms. The fourth-order valence-electron chi connectivity index (χ4n) is 3.62. The van der Waals surface area contributed by atoms with Gasteiger partial charge in [-0.2, -0.15) is 10.2 Å². The SMILES string of the molecule is CC(c1[nH]c(=O)c2sc(-c3cn[nH]c3)c3c2c1CCCO3)n1cccn1. The molecule has 7 nitrogen and oxygen atoms in total. The van der Waals surface area contributed by atoms with Crippen LogP contribution in [0.15, 0.2) is 35.6 Å². The van der Waals surface area contributed by atoms with E-state index < -0.39 is 0 Å². The highest BCUT2D eigenvalue weighted by molar-refractivity contribution is 7.22. The van der Waals surface area contributed by atoms with E-state index in [4.69, 9.17) is 4.74 Å². The van der Waals surface area contributed by atoms with Gasteiger partial charge in [0.1, 0.15) is 10.4 Å². The molecule has 1 atom stereocenters. The summed E-state index contributed by atoms with van der Waals surface area (Å²) in [6.45, 7) is 2.69. The van der Waals surface area contributed by atoms with Crippen LogP contribution >= 0.6 is 11.3 Å². The van der Waals surface area contributed by atoms with E-state index in [0.717, 1.165) is 45.7 Å². The van der Waals surface area contributed by atoms with Gasteiger partial charge >= 0.3 is 0 Å². The lowest BCUT2D eigenvalue weighted by atomic mass is 10.00. The fourth-order valence-corrected chi connectivity index (χ4v) is 4.77. The second-order valence-corrected chi connectivity index (χ2v) is 7.43. The zero-order valence-electron chi connectivity index (χ0n) is 14.2. The van der Waals surface area contributed by atoms with Crippen molar-refractivity contribution in [1.29, 1.82) is 0 Å². The Kier molecular flexibility index (Phi) is 3.46. The number of rotatable bonds is 3. The molecule has 0 aromatic carbocycles. The normalized spacial score (nSPS) is 15.0. The molecule has 5 rings (SSSR count). The average Bonchev–Trinajstić information content (AvgIpc) is 3.37. The zero-order chi connectivity index (χ0) is 17.7. The van der Waals surface area contributed by atoms with E-state index in [1.807, 2.05) is 23.1 Å². The van der Waals surface area contributed by atoms with Crippen LogP contribution in [0.25, 0.3) is 20.5 Å². The van der Waals surface area contributed by atoms with Gasteiger partial charge in [-0.1, -0.05) is 0 Å². The first-order valence-corrected chi connectivity index (χ1v) is 9.38. The largest absolute Gasteiger partial charge is 0.491 e. The summed E-state index contributed by atoms with van der Waals surface area (Å²) in [6, 6.07) is 1.83. The highest BCUT2D eigenvalue weighted by Crippen LogP contribution is 2.46. The molecule has 0 spiro atoms. The van der Waals surface area contributed by atoms with Gasteiger partial charge in [-0.05, 0) is 31.4 Å². The lowest BCUT2D eigenvalue weighted by molar-refractivity contribution is 0.321. The Bertz CT molecular complexity index is 1120. The molecule has 132 valence electrons. The van der Waals surface area contributed by atoms with Gasteiger partial charge in [0.15, 0.2) is 0 Å². The topological polar surface area (TPSA) is 88.6 Å². The molecule has 4 aromatic heterocycles. The Hall–Kier alpha value is -2.87. The lowest BCUT2D eigenvalue weighted by Gasteiger charge is -2.17. The van der Waals surface area contributed by atoms with Crippen molar-refractivity contribution in [2.75, 3.05) is 6.61 Å². The van der Waals surface area contributed by atoms with Crippen LogP contribution in [0.1, 0.15) is 30.6 Å². The first-order chi connectivity index (χ1) is 12.7. The Morgan fingerprint density at radius 1 is 1.42 bits per heavy atom. The van der Waals surface area contributed by atoms with Crippen LogP contribution in [-0.2, 0) is 6.42 Å². The van der Waals surface area contributed by atoms with Crippen molar-refractivity contribution in [3.05, 3.63) is 52.5 Å². The predicted octanol–water partition coefficient (Wildman–Crippen LogP) is 3.11. The molecule has 26 heavy (non-hydrogen) atoms. The molecule has 0 radical (unpaired) electrons. The Balaban J connectivity index is 1.82. The minimum atomic E-state index is -0.0794. The zero-order valence-corrected chi connectivity index (χ0v) is 15.0. The summed E-state index contributed by atoms with van der Waals surface area (Å²) in [4.78, 5) is 16.9. The van der Waals surface area contributed by atoms with Crippen molar-refractivity contribution in [2.24, 2.45) is 0 Å². The average molecular weight is 367 g/mol. The highest BCUT2D eigenvalue weighted by Gasteiger charge is 2.27. The molecule has 1 unspecified atom stereocenters. The molecule has 1 aliphatic heterocycles. The number of nitrogens with zero attached hydrogens (tertiary/aromatic N) is 3.